The highest BCUT2D eigenvalue weighted by atomic mass is 127. The first-order chi connectivity index (χ1) is 8.22. The predicted molar refractivity (Wildman–Crippen MR) is 82.7 cm³/mol. The summed E-state index contributed by atoms with van der Waals surface area (Å²) in [6.45, 7) is 6.53. The van der Waals surface area contributed by atoms with Crippen LogP contribution in [-0.4, -0.2) is 52.0 Å². The predicted octanol–water partition coefficient (Wildman–Crippen LogP) is 0.985. The molecule has 0 aromatic carbocycles. The van der Waals surface area contributed by atoms with Crippen LogP contribution in [0.15, 0.2) is 4.99 Å². The molecule has 2 rings (SSSR count). The van der Waals surface area contributed by atoms with Gasteiger partial charge >= 0.3 is 0 Å². The molecule has 2 heterocycles. The fourth-order valence-electron chi connectivity index (χ4n) is 2.09. The van der Waals surface area contributed by atoms with Crippen LogP contribution < -0.4 is 10.6 Å². The molecule has 0 radical (unpaired) electrons. The van der Waals surface area contributed by atoms with E-state index in [2.05, 4.69) is 22.5 Å². The van der Waals surface area contributed by atoms with Crippen molar-refractivity contribution < 1.29 is 9.47 Å². The highest BCUT2D eigenvalue weighted by Gasteiger charge is 2.33. The van der Waals surface area contributed by atoms with E-state index in [1.807, 2.05) is 0 Å². The molecular formula is C12H24IN3O2. The molecule has 2 aliphatic rings. The number of halogens is 1. The lowest BCUT2D eigenvalue weighted by atomic mass is 9.89. The molecule has 0 spiro atoms. The minimum atomic E-state index is 0. The fraction of sp³-hybridized carbons (Fsp3) is 0.917. The lowest BCUT2D eigenvalue weighted by Crippen LogP contribution is -2.51. The van der Waals surface area contributed by atoms with Crippen LogP contribution in [0.25, 0.3) is 0 Å². The van der Waals surface area contributed by atoms with Crippen LogP contribution in [-0.2, 0) is 9.47 Å². The second kappa shape index (κ2) is 7.49. The van der Waals surface area contributed by atoms with Crippen molar-refractivity contribution in [2.75, 3.05) is 40.0 Å². The van der Waals surface area contributed by atoms with Crippen molar-refractivity contribution in [2.24, 2.45) is 10.4 Å². The van der Waals surface area contributed by atoms with Crippen LogP contribution in [0.1, 0.15) is 19.8 Å². The Balaban J connectivity index is 0.00000162. The van der Waals surface area contributed by atoms with Crippen LogP contribution in [0.2, 0.25) is 0 Å². The molecule has 2 aliphatic heterocycles. The van der Waals surface area contributed by atoms with Crippen LogP contribution >= 0.6 is 24.0 Å². The smallest absolute Gasteiger partial charge is 0.191 e. The van der Waals surface area contributed by atoms with Crippen molar-refractivity contribution in [3.05, 3.63) is 0 Å². The van der Waals surface area contributed by atoms with E-state index < -0.39 is 0 Å². The van der Waals surface area contributed by atoms with E-state index in [1.165, 1.54) is 6.42 Å². The zero-order valence-corrected chi connectivity index (χ0v) is 13.5. The maximum Gasteiger partial charge on any atom is 0.191 e. The largest absolute Gasteiger partial charge is 0.380 e. The number of aliphatic imine (C=N–C) groups is 1. The van der Waals surface area contributed by atoms with Crippen molar-refractivity contribution in [2.45, 2.75) is 25.9 Å². The lowest BCUT2D eigenvalue weighted by Gasteiger charge is -2.38. The Hall–Kier alpha value is -0.0800. The van der Waals surface area contributed by atoms with Crippen molar-refractivity contribution in [3.8, 4) is 0 Å². The molecule has 106 valence electrons. The average Bonchev–Trinajstić information content (AvgIpc) is 2.80. The summed E-state index contributed by atoms with van der Waals surface area (Å²) < 4.78 is 10.8. The van der Waals surface area contributed by atoms with Gasteiger partial charge in [-0.15, -0.1) is 24.0 Å². The van der Waals surface area contributed by atoms with E-state index in [0.717, 1.165) is 45.3 Å². The normalized spacial score (nSPS) is 26.1. The molecule has 0 aromatic heterocycles. The van der Waals surface area contributed by atoms with Crippen molar-refractivity contribution >= 4 is 29.9 Å². The molecule has 1 unspecified atom stereocenters. The minimum Gasteiger partial charge on any atom is -0.380 e. The zero-order valence-electron chi connectivity index (χ0n) is 11.2. The molecule has 0 bridgehead atoms. The molecule has 2 fully saturated rings. The van der Waals surface area contributed by atoms with Crippen molar-refractivity contribution in [3.63, 3.8) is 0 Å². The fourth-order valence-corrected chi connectivity index (χ4v) is 2.09. The topological polar surface area (TPSA) is 54.9 Å². The summed E-state index contributed by atoms with van der Waals surface area (Å²) in [7, 11) is 1.80. The van der Waals surface area contributed by atoms with Gasteiger partial charge in [-0.2, -0.15) is 0 Å². The molecule has 2 saturated heterocycles. The maximum atomic E-state index is 5.56. The van der Waals surface area contributed by atoms with E-state index in [-0.39, 0.29) is 29.4 Å². The van der Waals surface area contributed by atoms with Gasteiger partial charge in [-0.3, -0.25) is 4.99 Å². The Kier molecular flexibility index (Phi) is 6.65. The van der Waals surface area contributed by atoms with Gasteiger partial charge in [0.2, 0.25) is 0 Å². The van der Waals surface area contributed by atoms with E-state index in [4.69, 9.17) is 9.47 Å². The second-order valence-corrected chi connectivity index (χ2v) is 5.25. The molecule has 2 N–H and O–H groups in total. The number of nitrogens with one attached hydrogen (secondary N) is 2. The van der Waals surface area contributed by atoms with E-state index in [0.29, 0.717) is 6.10 Å². The summed E-state index contributed by atoms with van der Waals surface area (Å²) in [5, 5.41) is 6.64. The molecule has 6 heteroatoms. The summed E-state index contributed by atoms with van der Waals surface area (Å²) in [4.78, 5) is 4.21. The monoisotopic (exact) mass is 369 g/mol. The van der Waals surface area contributed by atoms with Gasteiger partial charge < -0.3 is 20.1 Å². The molecular weight excluding hydrogens is 345 g/mol. The number of guanidine groups is 1. The summed E-state index contributed by atoms with van der Waals surface area (Å²) >= 11 is 0. The molecule has 0 amide bonds. The quantitative estimate of drug-likeness (QED) is 0.441. The van der Waals surface area contributed by atoms with E-state index >= 15 is 0 Å². The van der Waals surface area contributed by atoms with Gasteiger partial charge in [-0.05, 0) is 12.8 Å². The highest BCUT2D eigenvalue weighted by molar-refractivity contribution is 14.0. The van der Waals surface area contributed by atoms with E-state index in [9.17, 15) is 0 Å². The molecule has 5 nitrogen and oxygen atoms in total. The zero-order chi connectivity index (χ0) is 12.1. The average molecular weight is 369 g/mol. The number of ether oxygens (including phenoxy) is 2. The first-order valence-electron chi connectivity index (χ1n) is 6.36. The van der Waals surface area contributed by atoms with Crippen LogP contribution in [0.5, 0.6) is 0 Å². The van der Waals surface area contributed by atoms with Gasteiger partial charge in [-0.25, -0.2) is 0 Å². The van der Waals surface area contributed by atoms with Gasteiger partial charge in [0.25, 0.3) is 0 Å². The van der Waals surface area contributed by atoms with Crippen LogP contribution in [0, 0.1) is 5.41 Å². The number of nitrogens with zero attached hydrogens (tertiary/aromatic N) is 1. The summed E-state index contributed by atoms with van der Waals surface area (Å²) in [6.07, 6.45) is 2.67. The summed E-state index contributed by atoms with van der Waals surface area (Å²) in [5.74, 6) is 0.855. The summed E-state index contributed by atoms with van der Waals surface area (Å²) in [5.41, 5.74) is 0.265. The first kappa shape index (κ1) is 16.0. The Morgan fingerprint density at radius 2 is 2.17 bits per heavy atom. The number of hydrogen-bond acceptors (Lipinski definition) is 3. The van der Waals surface area contributed by atoms with Gasteiger partial charge in [0.05, 0.1) is 19.3 Å². The third-order valence-corrected chi connectivity index (χ3v) is 3.33. The Bertz CT molecular complexity index is 276. The van der Waals surface area contributed by atoms with Gasteiger partial charge in [0.1, 0.15) is 0 Å². The first-order valence-corrected chi connectivity index (χ1v) is 6.36. The van der Waals surface area contributed by atoms with Crippen molar-refractivity contribution in [1.82, 2.24) is 10.6 Å². The molecule has 0 saturated carbocycles. The third kappa shape index (κ3) is 4.55. The van der Waals surface area contributed by atoms with Crippen LogP contribution in [0.4, 0.5) is 0 Å². The molecule has 18 heavy (non-hydrogen) atoms. The third-order valence-electron chi connectivity index (χ3n) is 3.33. The van der Waals surface area contributed by atoms with E-state index in [1.54, 1.807) is 7.05 Å². The minimum absolute atomic E-state index is 0. The molecule has 0 aliphatic carbocycles. The van der Waals surface area contributed by atoms with Crippen LogP contribution in [0.3, 0.4) is 0 Å². The Labute approximate surface area is 126 Å². The summed E-state index contributed by atoms with van der Waals surface area (Å²) in [6, 6.07) is 0. The SMILES string of the molecule is CN=C(NCC1CCCO1)NCC1(C)COC1.I. The molecule has 1 atom stereocenters. The lowest BCUT2D eigenvalue weighted by molar-refractivity contribution is -0.0971. The van der Waals surface area contributed by atoms with Gasteiger partial charge in [0.15, 0.2) is 5.96 Å². The molecule has 0 aromatic rings. The standard InChI is InChI=1S/C12H23N3O2.HI/c1-12(8-16-9-12)7-15-11(13-2)14-6-10-4-3-5-17-10;/h10H,3-9H2,1-2H3,(H2,13,14,15);1H. The Morgan fingerprint density at radius 3 is 2.67 bits per heavy atom. The maximum absolute atomic E-state index is 5.56. The van der Waals surface area contributed by atoms with Gasteiger partial charge in [-0.1, -0.05) is 6.92 Å². The second-order valence-electron chi connectivity index (χ2n) is 5.25. The number of hydrogen-bond donors (Lipinski definition) is 2. The highest BCUT2D eigenvalue weighted by Crippen LogP contribution is 2.24. The Morgan fingerprint density at radius 1 is 1.39 bits per heavy atom. The van der Waals surface area contributed by atoms with Gasteiger partial charge in [0, 0.05) is 32.2 Å². The number of rotatable bonds is 4. The van der Waals surface area contributed by atoms with Crippen molar-refractivity contribution in [1.29, 1.82) is 0 Å².